The highest BCUT2D eigenvalue weighted by Gasteiger charge is 2.35. The van der Waals surface area contributed by atoms with Crippen LogP contribution in [0.2, 0.25) is 0 Å². The third-order valence-corrected chi connectivity index (χ3v) is 15.5. The fraction of sp³-hybridized carbons (Fsp3) is 0.235. The minimum Gasteiger partial charge on any atom is -0.508 e. The molecule has 0 aromatic heterocycles. The number of carbonyl (C=O) groups excluding carboxylic acids is 4. The van der Waals surface area contributed by atoms with Crippen LogP contribution in [0.1, 0.15) is 138 Å². The van der Waals surface area contributed by atoms with E-state index in [2.05, 4.69) is 0 Å². The first kappa shape index (κ1) is 58.7. The summed E-state index contributed by atoms with van der Waals surface area (Å²) in [5.74, 6) is 0.959. The van der Waals surface area contributed by atoms with Crippen molar-refractivity contribution < 1.29 is 79.0 Å². The zero-order valence-corrected chi connectivity index (χ0v) is 47.5. The Bertz CT molecular complexity index is 3440. The molecule has 0 spiro atoms. The van der Waals surface area contributed by atoms with Gasteiger partial charge in [-0.25, -0.2) is 0 Å². The van der Waals surface area contributed by atoms with Gasteiger partial charge in [0.15, 0.2) is 0 Å². The third-order valence-electron chi connectivity index (χ3n) is 15.5. The summed E-state index contributed by atoms with van der Waals surface area (Å²) in [6, 6.07) is 34.2. The minimum absolute atomic E-state index is 0.0848. The molecule has 84 heavy (non-hydrogen) atoms. The summed E-state index contributed by atoms with van der Waals surface area (Å²) in [5, 5.41) is 78.4. The molecule has 0 radical (unpaired) electrons. The van der Waals surface area contributed by atoms with Gasteiger partial charge in [-0.15, -0.1) is 0 Å². The van der Waals surface area contributed by atoms with Gasteiger partial charge in [-0.1, -0.05) is 48.5 Å². The number of aryl methyl sites for hydroxylation is 8. The van der Waals surface area contributed by atoms with E-state index in [1.807, 2.05) is 77.9 Å². The lowest BCUT2D eigenvalue weighted by Gasteiger charge is -2.27. The van der Waals surface area contributed by atoms with E-state index in [9.17, 15) is 60.0 Å². The first-order chi connectivity index (χ1) is 39.8. The highest BCUT2D eigenvalue weighted by Crippen LogP contribution is 2.48. The van der Waals surface area contributed by atoms with Gasteiger partial charge < -0.3 is 59.8 Å². The fourth-order valence-electron chi connectivity index (χ4n) is 11.4. The molecule has 432 valence electrons. The van der Waals surface area contributed by atoms with E-state index in [0.717, 1.165) is 77.9 Å². The Kier molecular flexibility index (Phi) is 16.7. The highest BCUT2D eigenvalue weighted by molar-refractivity contribution is 5.81. The van der Waals surface area contributed by atoms with Crippen LogP contribution in [0.5, 0.6) is 69.0 Å². The van der Waals surface area contributed by atoms with Gasteiger partial charge in [0.05, 0.1) is 25.7 Å². The quantitative estimate of drug-likeness (QED) is 0.0601. The van der Waals surface area contributed by atoms with Crippen LogP contribution in [0, 0.1) is 55.4 Å². The van der Waals surface area contributed by atoms with Gasteiger partial charge in [-0.2, -0.15) is 0 Å². The van der Waals surface area contributed by atoms with Crippen molar-refractivity contribution >= 4 is 23.9 Å². The number of phenols is 8. The van der Waals surface area contributed by atoms with Crippen LogP contribution < -0.4 is 18.9 Å². The summed E-state index contributed by atoms with van der Waals surface area (Å²) in [6.45, 7) is 14.7. The standard InChI is InChI=1S/4C17H16O4/c2*1-9-5-11(3-4-14(9)19)13-8-16(20)21-15-7-12(18)6-10(2)17(13)15;2*1-9-5-14(19)17-12(8-16(20)21-15(17)6-9)11-3-4-13(18)10(2)7-11/h2*3-7,13,18-19H,8H2,1-2H3;2*3-7,12,18-19H,8H2,1-2H3/t2*13-;2*12-/m1010/s1. The summed E-state index contributed by atoms with van der Waals surface area (Å²) in [5.41, 5.74) is 13.2. The van der Waals surface area contributed by atoms with Crippen molar-refractivity contribution in [3.63, 3.8) is 0 Å². The maximum Gasteiger partial charge on any atom is 0.312 e. The first-order valence-electron chi connectivity index (χ1n) is 27.2. The van der Waals surface area contributed by atoms with E-state index in [1.165, 1.54) is 12.1 Å². The number of carbonyl (C=O) groups is 4. The second kappa shape index (κ2) is 23.9. The molecule has 0 unspecified atom stereocenters. The van der Waals surface area contributed by atoms with E-state index in [0.29, 0.717) is 34.1 Å². The number of benzene rings is 8. The largest absolute Gasteiger partial charge is 0.508 e. The zero-order valence-electron chi connectivity index (χ0n) is 47.5. The smallest absolute Gasteiger partial charge is 0.312 e. The van der Waals surface area contributed by atoms with Crippen LogP contribution >= 0.6 is 0 Å². The summed E-state index contributed by atoms with van der Waals surface area (Å²) >= 11 is 0. The van der Waals surface area contributed by atoms with Crippen LogP contribution in [0.25, 0.3) is 0 Å². The average molecular weight is 1140 g/mol. The second-order valence-electron chi connectivity index (χ2n) is 21.8. The molecule has 0 fully saturated rings. The lowest BCUT2D eigenvalue weighted by atomic mass is 9.83. The molecule has 0 saturated carbocycles. The van der Waals surface area contributed by atoms with Crippen molar-refractivity contribution in [2.45, 2.75) is 105 Å². The summed E-state index contributed by atoms with van der Waals surface area (Å²) < 4.78 is 21.0. The zero-order chi connectivity index (χ0) is 60.6. The third kappa shape index (κ3) is 12.6. The molecule has 16 heteroatoms. The molecule has 4 aliphatic heterocycles. The number of rotatable bonds is 4. The SMILES string of the molecule is Cc1cc(O)c2c(c1)OC(=O)C[C@@H]2c1ccc(O)c(C)c1.Cc1cc(O)c2c(c1)OC(=O)C[C@H]2c1ccc(O)c(C)c1.Cc1cc([C@@H]2CC(=O)Oc3cc(O)cc(C)c32)ccc1O.Cc1cc([C@H]2CC(=O)Oc3cc(O)cc(C)c32)ccc1O. The van der Waals surface area contributed by atoms with Gasteiger partial charge in [-0.3, -0.25) is 19.2 Å². The van der Waals surface area contributed by atoms with Crippen molar-refractivity contribution in [1.29, 1.82) is 0 Å². The maximum atomic E-state index is 11.8. The lowest BCUT2D eigenvalue weighted by Crippen LogP contribution is -2.22. The van der Waals surface area contributed by atoms with E-state index in [4.69, 9.17) is 18.9 Å². The van der Waals surface area contributed by atoms with Crippen molar-refractivity contribution in [2.75, 3.05) is 0 Å². The van der Waals surface area contributed by atoms with Gasteiger partial charge in [0.25, 0.3) is 0 Å². The van der Waals surface area contributed by atoms with Crippen LogP contribution in [-0.4, -0.2) is 64.7 Å². The number of hydrogen-bond donors (Lipinski definition) is 8. The fourth-order valence-corrected chi connectivity index (χ4v) is 11.4. The monoisotopic (exact) mass is 1140 g/mol. The molecule has 0 saturated heterocycles. The Labute approximate surface area is 485 Å². The van der Waals surface area contributed by atoms with Crippen LogP contribution in [0.3, 0.4) is 0 Å². The van der Waals surface area contributed by atoms with Crippen molar-refractivity contribution in [3.05, 3.63) is 210 Å². The predicted molar refractivity (Wildman–Crippen MR) is 311 cm³/mol. The normalized spacial score (nSPS) is 17.2. The Morgan fingerprint density at radius 3 is 0.798 bits per heavy atom. The van der Waals surface area contributed by atoms with Crippen LogP contribution in [0.4, 0.5) is 0 Å². The Balaban J connectivity index is 0.000000134. The first-order valence-corrected chi connectivity index (χ1v) is 27.2. The Morgan fingerprint density at radius 2 is 0.536 bits per heavy atom. The molecule has 0 aliphatic carbocycles. The van der Waals surface area contributed by atoms with Gasteiger partial charge in [-0.05, 0) is 183 Å². The van der Waals surface area contributed by atoms with Gasteiger partial charge in [0, 0.05) is 58.1 Å². The molecular formula is C68H64O16. The van der Waals surface area contributed by atoms with E-state index < -0.39 is 0 Å². The highest BCUT2D eigenvalue weighted by atomic mass is 16.5. The van der Waals surface area contributed by atoms with E-state index in [-0.39, 0.29) is 119 Å². The summed E-state index contributed by atoms with van der Waals surface area (Å²) in [7, 11) is 0. The topological polar surface area (TPSA) is 267 Å². The molecule has 16 nitrogen and oxygen atoms in total. The molecule has 0 bridgehead atoms. The molecule has 0 amide bonds. The molecular weight excluding hydrogens is 1070 g/mol. The molecule has 4 atom stereocenters. The Morgan fingerprint density at radius 1 is 0.286 bits per heavy atom. The maximum absolute atomic E-state index is 11.8. The molecule has 4 aliphatic rings. The number of aromatic hydroxyl groups is 8. The van der Waals surface area contributed by atoms with Crippen LogP contribution in [-0.2, 0) is 19.2 Å². The number of phenolic OH excluding ortho intramolecular Hbond substituents is 8. The number of fused-ring (bicyclic) bond motifs is 4. The predicted octanol–water partition coefficient (Wildman–Crippen LogP) is 12.6. The molecule has 8 aromatic carbocycles. The van der Waals surface area contributed by atoms with Gasteiger partial charge >= 0.3 is 23.9 Å². The van der Waals surface area contributed by atoms with E-state index >= 15 is 0 Å². The summed E-state index contributed by atoms with van der Waals surface area (Å²) in [4.78, 5) is 47.3. The molecule has 8 aromatic rings. The molecule has 8 N–H and O–H groups in total. The van der Waals surface area contributed by atoms with Gasteiger partial charge in [0.1, 0.15) is 69.0 Å². The Hall–Kier alpha value is -9.96. The van der Waals surface area contributed by atoms with Crippen LogP contribution in [0.15, 0.2) is 121 Å². The minimum atomic E-state index is -0.316. The van der Waals surface area contributed by atoms with E-state index in [1.54, 1.807) is 86.6 Å². The van der Waals surface area contributed by atoms with Gasteiger partial charge in [0.2, 0.25) is 0 Å². The average Bonchev–Trinajstić information content (AvgIpc) is 3.56. The molecule has 4 heterocycles. The number of hydrogen-bond acceptors (Lipinski definition) is 16. The van der Waals surface area contributed by atoms with Crippen molar-refractivity contribution in [2.24, 2.45) is 0 Å². The van der Waals surface area contributed by atoms with Crippen molar-refractivity contribution in [3.8, 4) is 69.0 Å². The lowest BCUT2D eigenvalue weighted by molar-refractivity contribution is -0.136. The second-order valence-corrected chi connectivity index (χ2v) is 21.8. The number of esters is 4. The van der Waals surface area contributed by atoms with Crippen molar-refractivity contribution in [1.82, 2.24) is 0 Å². The molecule has 12 rings (SSSR count). The number of ether oxygens (including phenoxy) is 4. The summed E-state index contributed by atoms with van der Waals surface area (Å²) in [6.07, 6.45) is 0.854.